The fraction of sp³-hybridized carbons (Fsp3) is 0.500. The Kier molecular flexibility index (Phi) is 7.56. The number of benzene rings is 1. The predicted molar refractivity (Wildman–Crippen MR) is 90.4 cm³/mol. The molecule has 1 fully saturated rings. The normalized spacial score (nSPS) is 18.1. The lowest BCUT2D eigenvalue weighted by Gasteiger charge is -2.36. The highest BCUT2D eigenvalue weighted by Crippen LogP contribution is 2.31. The van der Waals surface area contributed by atoms with Gasteiger partial charge in [-0.05, 0) is 13.0 Å². The number of hydrogen-bond donors (Lipinski definition) is 1. The minimum Gasteiger partial charge on any atom is -0.365 e. The van der Waals surface area contributed by atoms with E-state index in [1.165, 1.54) is 18.2 Å². The fourth-order valence-electron chi connectivity index (χ4n) is 2.36. The smallest absolute Gasteiger partial charge is 0.271 e. The third kappa shape index (κ3) is 4.45. The van der Waals surface area contributed by atoms with Gasteiger partial charge in [0.1, 0.15) is 0 Å². The molecule has 1 aromatic carbocycles. The van der Waals surface area contributed by atoms with Crippen LogP contribution in [0.1, 0.15) is 6.92 Å². The summed E-state index contributed by atoms with van der Waals surface area (Å²) in [6.07, 6.45) is 1.12. The maximum absolute atomic E-state index is 11.9. The van der Waals surface area contributed by atoms with Crippen molar-refractivity contribution >= 4 is 46.0 Å². The molecule has 1 saturated heterocycles. The van der Waals surface area contributed by atoms with E-state index in [1.807, 2.05) is 11.8 Å². The summed E-state index contributed by atoms with van der Waals surface area (Å²) < 4.78 is 23.7. The van der Waals surface area contributed by atoms with Crippen molar-refractivity contribution in [1.29, 1.82) is 0 Å². The van der Waals surface area contributed by atoms with Crippen molar-refractivity contribution in [2.24, 2.45) is 0 Å². The monoisotopic (exact) mass is 371 g/mol. The van der Waals surface area contributed by atoms with Crippen LogP contribution in [0.15, 0.2) is 23.1 Å². The number of halogens is 2. The average Bonchev–Trinajstić information content (AvgIpc) is 2.37. The first-order chi connectivity index (χ1) is 9.30. The maximum Gasteiger partial charge on any atom is 0.271 e. The van der Waals surface area contributed by atoms with Crippen LogP contribution in [0, 0.1) is 10.1 Å². The summed E-state index contributed by atoms with van der Waals surface area (Å²) in [6, 6.07) is 3.97. The second-order valence-corrected chi connectivity index (χ2v) is 6.91. The van der Waals surface area contributed by atoms with E-state index >= 15 is 0 Å². The molecular weight excluding hydrogens is 353 g/mol. The molecule has 1 heterocycles. The minimum absolute atomic E-state index is 0. The summed E-state index contributed by atoms with van der Waals surface area (Å²) in [5.41, 5.74) is 0.314. The van der Waals surface area contributed by atoms with Gasteiger partial charge in [-0.2, -0.15) is 0 Å². The van der Waals surface area contributed by atoms with Crippen LogP contribution in [0.4, 0.5) is 11.4 Å². The first-order valence-electron chi connectivity index (χ1n) is 6.26. The molecule has 1 atom stereocenters. The summed E-state index contributed by atoms with van der Waals surface area (Å²) in [7, 11) is -3.43. The van der Waals surface area contributed by atoms with E-state index in [0.717, 1.165) is 12.8 Å². The summed E-state index contributed by atoms with van der Waals surface area (Å²) in [6.45, 7) is 4.00. The Morgan fingerprint density at radius 3 is 2.50 bits per heavy atom. The van der Waals surface area contributed by atoms with Crippen LogP contribution < -0.4 is 10.2 Å². The van der Waals surface area contributed by atoms with Gasteiger partial charge in [0, 0.05) is 44.1 Å². The van der Waals surface area contributed by atoms with E-state index in [-0.39, 0.29) is 41.4 Å². The van der Waals surface area contributed by atoms with Crippen molar-refractivity contribution in [3.63, 3.8) is 0 Å². The van der Waals surface area contributed by atoms with Crippen molar-refractivity contribution in [2.45, 2.75) is 17.9 Å². The number of nitrogens with zero attached hydrogens (tertiary/aromatic N) is 2. The third-order valence-corrected chi connectivity index (χ3v) is 4.51. The van der Waals surface area contributed by atoms with Crippen LogP contribution in [0.25, 0.3) is 0 Å². The molecule has 10 heteroatoms. The third-order valence-electron chi connectivity index (χ3n) is 3.36. The van der Waals surface area contributed by atoms with Gasteiger partial charge in [0.15, 0.2) is 9.84 Å². The molecule has 1 N–H and O–H groups in total. The minimum atomic E-state index is -3.43. The van der Waals surface area contributed by atoms with Crippen molar-refractivity contribution < 1.29 is 13.3 Å². The van der Waals surface area contributed by atoms with E-state index in [2.05, 4.69) is 5.32 Å². The standard InChI is InChI=1S/C12H17N3O4S.2ClH/c1-9-8-13-5-6-14(9)11-7-10(15(16)17)3-4-12(11)20(2,18)19;;/h3-4,7,9,13H,5-6,8H2,1-2H3;2*1H/t9-;;/m1../s1. The number of nitrogens with one attached hydrogen (secondary N) is 1. The molecule has 126 valence electrons. The van der Waals surface area contributed by atoms with Crippen molar-refractivity contribution in [2.75, 3.05) is 30.8 Å². The highest BCUT2D eigenvalue weighted by molar-refractivity contribution is 7.90. The van der Waals surface area contributed by atoms with E-state index in [0.29, 0.717) is 18.8 Å². The van der Waals surface area contributed by atoms with Gasteiger partial charge in [0.25, 0.3) is 5.69 Å². The van der Waals surface area contributed by atoms with Crippen molar-refractivity contribution in [1.82, 2.24) is 5.32 Å². The number of hydrogen-bond acceptors (Lipinski definition) is 6. The summed E-state index contributed by atoms with van der Waals surface area (Å²) >= 11 is 0. The summed E-state index contributed by atoms with van der Waals surface area (Å²) in [5.74, 6) is 0. The molecule has 0 spiro atoms. The highest BCUT2D eigenvalue weighted by atomic mass is 35.5. The molecule has 0 bridgehead atoms. The number of rotatable bonds is 3. The second kappa shape index (κ2) is 7.96. The molecule has 7 nitrogen and oxygen atoms in total. The number of sulfone groups is 1. The van der Waals surface area contributed by atoms with Gasteiger partial charge in [0.2, 0.25) is 0 Å². The number of nitro groups is 1. The van der Waals surface area contributed by atoms with Crippen LogP contribution >= 0.6 is 24.8 Å². The van der Waals surface area contributed by atoms with Gasteiger partial charge < -0.3 is 10.2 Å². The van der Waals surface area contributed by atoms with Crippen LogP contribution in [-0.2, 0) is 9.84 Å². The zero-order valence-corrected chi connectivity index (χ0v) is 14.6. The lowest BCUT2D eigenvalue weighted by Crippen LogP contribution is -2.50. The Morgan fingerprint density at radius 1 is 1.36 bits per heavy atom. The Balaban J connectivity index is 0.00000220. The topological polar surface area (TPSA) is 92.5 Å². The molecule has 2 rings (SSSR count). The second-order valence-electron chi connectivity index (χ2n) is 4.93. The van der Waals surface area contributed by atoms with Gasteiger partial charge in [-0.15, -0.1) is 24.8 Å². The van der Waals surface area contributed by atoms with E-state index < -0.39 is 14.8 Å². The molecule has 0 unspecified atom stereocenters. The molecule has 0 saturated carbocycles. The number of nitro benzene ring substituents is 1. The summed E-state index contributed by atoms with van der Waals surface area (Å²) in [5, 5.41) is 14.1. The Labute approximate surface area is 142 Å². The molecule has 0 aromatic heterocycles. The predicted octanol–water partition coefficient (Wildman–Crippen LogP) is 1.64. The molecular formula is C12H19Cl2N3O4S. The first kappa shape index (κ1) is 20.9. The van der Waals surface area contributed by atoms with Gasteiger partial charge in [-0.1, -0.05) is 0 Å². The zero-order valence-electron chi connectivity index (χ0n) is 12.2. The van der Waals surface area contributed by atoms with Crippen LogP contribution in [0.2, 0.25) is 0 Å². The lowest BCUT2D eigenvalue weighted by atomic mass is 10.1. The Morgan fingerprint density at radius 2 is 2.00 bits per heavy atom. The fourth-order valence-corrected chi connectivity index (χ4v) is 3.23. The summed E-state index contributed by atoms with van der Waals surface area (Å²) in [4.78, 5) is 12.4. The largest absolute Gasteiger partial charge is 0.365 e. The number of anilines is 1. The molecule has 22 heavy (non-hydrogen) atoms. The van der Waals surface area contributed by atoms with Crippen molar-refractivity contribution in [3.05, 3.63) is 28.3 Å². The number of piperazine rings is 1. The van der Waals surface area contributed by atoms with Gasteiger partial charge in [-0.25, -0.2) is 8.42 Å². The SMILES string of the molecule is C[C@@H]1CNCCN1c1cc([N+](=O)[O-])ccc1S(C)(=O)=O.Cl.Cl. The molecule has 1 aliphatic rings. The van der Waals surface area contributed by atoms with Crippen LogP contribution in [-0.4, -0.2) is 45.3 Å². The van der Waals surface area contributed by atoms with E-state index in [9.17, 15) is 18.5 Å². The zero-order chi connectivity index (χ0) is 14.9. The molecule has 0 radical (unpaired) electrons. The molecule has 0 aliphatic carbocycles. The molecule has 1 aromatic rings. The average molecular weight is 372 g/mol. The van der Waals surface area contributed by atoms with Gasteiger partial charge >= 0.3 is 0 Å². The molecule has 0 amide bonds. The van der Waals surface area contributed by atoms with Gasteiger partial charge in [0.05, 0.1) is 15.5 Å². The maximum atomic E-state index is 11.9. The quantitative estimate of drug-likeness (QED) is 0.641. The highest BCUT2D eigenvalue weighted by Gasteiger charge is 2.26. The van der Waals surface area contributed by atoms with Crippen LogP contribution in [0.5, 0.6) is 0 Å². The van der Waals surface area contributed by atoms with E-state index in [1.54, 1.807) is 0 Å². The van der Waals surface area contributed by atoms with Crippen molar-refractivity contribution in [3.8, 4) is 0 Å². The first-order valence-corrected chi connectivity index (χ1v) is 8.15. The lowest BCUT2D eigenvalue weighted by molar-refractivity contribution is -0.384. The number of non-ortho nitro benzene ring substituents is 1. The van der Waals surface area contributed by atoms with Gasteiger partial charge in [-0.3, -0.25) is 10.1 Å². The Bertz CT molecular complexity index is 639. The van der Waals surface area contributed by atoms with E-state index in [4.69, 9.17) is 0 Å². The van der Waals surface area contributed by atoms with Crippen LogP contribution in [0.3, 0.4) is 0 Å². The Hall–Kier alpha value is -1.09. The molecule has 1 aliphatic heterocycles.